The van der Waals surface area contributed by atoms with Crippen molar-refractivity contribution in [2.24, 2.45) is 28.6 Å². The van der Waals surface area contributed by atoms with E-state index in [1.165, 1.54) is 7.11 Å². The summed E-state index contributed by atoms with van der Waals surface area (Å²) in [4.78, 5) is 56.4. The Hall–Kier alpha value is -4.40. The molecule has 6 atom stereocenters. The van der Waals surface area contributed by atoms with Crippen molar-refractivity contribution in [3.8, 4) is 0 Å². The molecule has 230 valence electrons. The molecule has 2 aliphatic heterocycles. The summed E-state index contributed by atoms with van der Waals surface area (Å²) in [5.41, 5.74) is -0.0922. The molecule has 1 saturated carbocycles. The SMILES string of the molecule is C=C[C@]12CN(C(=O)OC)[C@@H]3[C@@H](COC(=O)C(C)(C)C)[C@H]1C=C[C@]1(CC(=O)N(C(=O)OCc4ccccc4)c4ccccc41)[C@@H]32. The number of amides is 3. The smallest absolute Gasteiger partial charge is 0.421 e. The van der Waals surface area contributed by atoms with E-state index < -0.39 is 40.4 Å². The minimum absolute atomic E-state index is 0.00601. The maximum Gasteiger partial charge on any atom is 0.421 e. The molecule has 2 aromatic carbocycles. The number of carbonyl (C=O) groups excluding carboxylic acids is 4. The maximum absolute atomic E-state index is 14.1. The standard InChI is InChI=1S/C35H38N2O7/c1-6-34-21-36(31(40)42-5)28-23(20-43-30(39)33(2,3)4)24(34)16-17-35(29(28)34)18-27(38)37(26-15-11-10-14-25(26)35)32(41)44-19-22-12-8-7-9-13-22/h6-17,23-24,28-29H,1,18-21H2,2-5H3/t23-,24+,28+,29-,34-,35+/m0/s1. The van der Waals surface area contributed by atoms with E-state index in [2.05, 4.69) is 18.7 Å². The zero-order valence-electron chi connectivity index (χ0n) is 25.5. The summed E-state index contributed by atoms with van der Waals surface area (Å²) < 4.78 is 16.7. The maximum atomic E-state index is 14.1. The lowest BCUT2D eigenvalue weighted by Crippen LogP contribution is -2.54. The van der Waals surface area contributed by atoms with Crippen LogP contribution in [-0.2, 0) is 35.8 Å². The third kappa shape index (κ3) is 4.35. The summed E-state index contributed by atoms with van der Waals surface area (Å²) in [5.74, 6) is -1.33. The number of imide groups is 1. The number of nitrogens with zero attached hydrogens (tertiary/aromatic N) is 2. The lowest BCUT2D eigenvalue weighted by molar-refractivity contribution is -0.155. The number of fused-ring (bicyclic) bond motifs is 2. The minimum atomic E-state index is -0.856. The van der Waals surface area contributed by atoms with Crippen molar-refractivity contribution in [1.29, 1.82) is 0 Å². The van der Waals surface area contributed by atoms with E-state index in [1.807, 2.05) is 48.5 Å². The van der Waals surface area contributed by atoms with Crippen molar-refractivity contribution in [1.82, 2.24) is 4.90 Å². The van der Waals surface area contributed by atoms with E-state index >= 15 is 0 Å². The van der Waals surface area contributed by atoms with Crippen molar-refractivity contribution >= 4 is 29.8 Å². The van der Waals surface area contributed by atoms with Gasteiger partial charge in [0.15, 0.2) is 0 Å². The molecule has 3 amide bonds. The summed E-state index contributed by atoms with van der Waals surface area (Å²) >= 11 is 0. The Morgan fingerprint density at radius 2 is 1.73 bits per heavy atom. The number of allylic oxidation sites excluding steroid dienone is 2. The Morgan fingerprint density at radius 3 is 2.41 bits per heavy atom. The van der Waals surface area contributed by atoms with E-state index in [0.717, 1.165) is 16.0 Å². The van der Waals surface area contributed by atoms with Gasteiger partial charge in [0.25, 0.3) is 0 Å². The van der Waals surface area contributed by atoms with Gasteiger partial charge in [-0.1, -0.05) is 66.8 Å². The molecule has 0 aromatic heterocycles. The van der Waals surface area contributed by atoms with Crippen LogP contribution in [0.25, 0.3) is 0 Å². The number of esters is 1. The van der Waals surface area contributed by atoms with Crippen molar-refractivity contribution in [3.63, 3.8) is 0 Å². The number of rotatable bonds is 5. The van der Waals surface area contributed by atoms with Crippen LogP contribution in [-0.4, -0.2) is 55.3 Å². The van der Waals surface area contributed by atoms with Crippen LogP contribution in [0.2, 0.25) is 0 Å². The van der Waals surface area contributed by atoms with Gasteiger partial charge >= 0.3 is 18.2 Å². The fraction of sp³-hybridized carbons (Fsp3) is 0.429. The first kappa shape index (κ1) is 29.7. The lowest BCUT2D eigenvalue weighted by atomic mass is 9.54. The van der Waals surface area contributed by atoms with Crippen LogP contribution in [0.1, 0.15) is 38.3 Å². The van der Waals surface area contributed by atoms with E-state index in [0.29, 0.717) is 12.2 Å². The van der Waals surface area contributed by atoms with Gasteiger partial charge in [0.1, 0.15) is 6.61 Å². The first-order chi connectivity index (χ1) is 21.0. The average molecular weight is 599 g/mol. The largest absolute Gasteiger partial charge is 0.465 e. The molecule has 4 bridgehead atoms. The van der Waals surface area contributed by atoms with E-state index in [4.69, 9.17) is 14.2 Å². The predicted molar refractivity (Wildman–Crippen MR) is 162 cm³/mol. The topological polar surface area (TPSA) is 102 Å². The molecule has 9 heteroatoms. The van der Waals surface area contributed by atoms with Crippen molar-refractivity contribution in [2.75, 3.05) is 25.2 Å². The number of carbonyl (C=O) groups is 4. The zero-order valence-corrected chi connectivity index (χ0v) is 25.5. The number of benzene rings is 2. The second-order valence-corrected chi connectivity index (χ2v) is 13.3. The molecule has 9 nitrogen and oxygen atoms in total. The Kier molecular flexibility index (Phi) is 7.18. The van der Waals surface area contributed by atoms with Crippen LogP contribution in [0, 0.1) is 28.6 Å². The Morgan fingerprint density at radius 1 is 1.02 bits per heavy atom. The highest BCUT2D eigenvalue weighted by Gasteiger charge is 2.74. The van der Waals surface area contributed by atoms with Gasteiger partial charge < -0.3 is 19.1 Å². The highest BCUT2D eigenvalue weighted by Crippen LogP contribution is 2.70. The summed E-state index contributed by atoms with van der Waals surface area (Å²) in [5, 5.41) is 0. The molecule has 0 radical (unpaired) electrons. The Bertz CT molecular complexity index is 1550. The highest BCUT2D eigenvalue weighted by molar-refractivity contribution is 6.15. The third-order valence-electron chi connectivity index (χ3n) is 9.94. The molecular weight excluding hydrogens is 560 g/mol. The normalized spacial score (nSPS) is 29.8. The van der Waals surface area contributed by atoms with Crippen molar-refractivity contribution in [3.05, 3.63) is 90.5 Å². The first-order valence-corrected chi connectivity index (χ1v) is 15.0. The molecule has 4 aliphatic rings. The molecule has 2 aliphatic carbocycles. The fourth-order valence-electron chi connectivity index (χ4n) is 8.14. The quantitative estimate of drug-likeness (QED) is 0.249. The minimum Gasteiger partial charge on any atom is -0.465 e. The molecule has 0 N–H and O–H groups in total. The van der Waals surface area contributed by atoms with Crippen LogP contribution < -0.4 is 4.90 Å². The van der Waals surface area contributed by atoms with Gasteiger partial charge in [0.05, 0.1) is 24.8 Å². The van der Waals surface area contributed by atoms with E-state index in [-0.39, 0.29) is 43.4 Å². The second kappa shape index (κ2) is 10.6. The van der Waals surface area contributed by atoms with Gasteiger partial charge in [-0.25, -0.2) is 14.5 Å². The fourth-order valence-corrected chi connectivity index (χ4v) is 8.14. The van der Waals surface area contributed by atoms with Gasteiger partial charge in [-0.3, -0.25) is 9.59 Å². The molecule has 2 fully saturated rings. The lowest BCUT2D eigenvalue weighted by Gasteiger charge is -2.50. The predicted octanol–water partition coefficient (Wildman–Crippen LogP) is 5.64. The van der Waals surface area contributed by atoms with Gasteiger partial charge in [0, 0.05) is 41.7 Å². The van der Waals surface area contributed by atoms with E-state index in [1.54, 1.807) is 37.8 Å². The Labute approximate surface area is 257 Å². The van der Waals surface area contributed by atoms with Crippen LogP contribution in [0.3, 0.4) is 0 Å². The number of methoxy groups -OCH3 is 1. The van der Waals surface area contributed by atoms with Gasteiger partial charge in [-0.2, -0.15) is 0 Å². The third-order valence-corrected chi connectivity index (χ3v) is 9.94. The number of piperidine rings is 1. The first-order valence-electron chi connectivity index (χ1n) is 15.0. The highest BCUT2D eigenvalue weighted by atomic mass is 16.6. The van der Waals surface area contributed by atoms with Crippen LogP contribution >= 0.6 is 0 Å². The number of hydrogen-bond acceptors (Lipinski definition) is 7. The summed E-state index contributed by atoms with van der Waals surface area (Å²) in [6.45, 7) is 10.2. The zero-order chi connectivity index (χ0) is 31.4. The van der Waals surface area contributed by atoms with Gasteiger partial charge in [-0.05, 0) is 43.9 Å². The second-order valence-electron chi connectivity index (χ2n) is 13.3. The molecular formula is C35H38N2O7. The van der Waals surface area contributed by atoms with Crippen LogP contribution in [0.4, 0.5) is 15.3 Å². The summed E-state index contributed by atoms with van der Waals surface area (Å²) in [7, 11) is 1.35. The molecule has 6 rings (SSSR count). The molecule has 1 spiro atoms. The average Bonchev–Trinajstić information content (AvgIpc) is 3.46. The number of ether oxygens (including phenoxy) is 3. The molecule has 2 heterocycles. The van der Waals surface area contributed by atoms with Gasteiger partial charge in [0.2, 0.25) is 5.91 Å². The van der Waals surface area contributed by atoms with Crippen LogP contribution in [0.15, 0.2) is 79.4 Å². The monoisotopic (exact) mass is 598 g/mol. The Balaban J connectivity index is 1.40. The van der Waals surface area contributed by atoms with Crippen molar-refractivity contribution < 1.29 is 33.4 Å². The van der Waals surface area contributed by atoms with Crippen molar-refractivity contribution in [2.45, 2.75) is 45.3 Å². The van der Waals surface area contributed by atoms with Gasteiger partial charge in [-0.15, -0.1) is 6.58 Å². The van der Waals surface area contributed by atoms with E-state index in [9.17, 15) is 19.2 Å². The molecule has 0 unspecified atom stereocenters. The van der Waals surface area contributed by atoms with Crippen LogP contribution in [0.5, 0.6) is 0 Å². The molecule has 44 heavy (non-hydrogen) atoms. The number of para-hydroxylation sites is 1. The number of hydrogen-bond donors (Lipinski definition) is 0. The number of likely N-dealkylation sites (tertiary alicyclic amines) is 1. The summed E-state index contributed by atoms with van der Waals surface area (Å²) in [6.07, 6.45) is 4.86. The molecule has 2 aromatic rings. The summed E-state index contributed by atoms with van der Waals surface area (Å²) in [6, 6.07) is 16.3. The molecule has 1 saturated heterocycles. The number of anilines is 1.